The van der Waals surface area contributed by atoms with E-state index >= 15 is 0 Å². The van der Waals surface area contributed by atoms with Gasteiger partial charge in [-0.15, -0.1) is 22.9 Å². The minimum absolute atomic E-state index is 0.255. The van der Waals surface area contributed by atoms with Crippen LogP contribution in [0.15, 0.2) is 29.6 Å². The largest absolute Gasteiger partial charge is 0.497 e. The van der Waals surface area contributed by atoms with E-state index in [1.54, 1.807) is 7.11 Å². The molecule has 1 aromatic carbocycles. The number of benzene rings is 1. The highest BCUT2D eigenvalue weighted by Crippen LogP contribution is 2.37. The SMILES string of the molecule is COc1ccc(-c2csc3nc(CCl)nc(Cl)c23)cc1. The molecule has 6 heteroatoms. The molecule has 0 atom stereocenters. The molecule has 0 fully saturated rings. The first-order chi connectivity index (χ1) is 9.72. The first-order valence-electron chi connectivity index (χ1n) is 5.87. The van der Waals surface area contributed by atoms with Gasteiger partial charge in [-0.1, -0.05) is 23.7 Å². The van der Waals surface area contributed by atoms with Crippen LogP contribution in [0.5, 0.6) is 5.75 Å². The van der Waals surface area contributed by atoms with E-state index in [-0.39, 0.29) is 5.88 Å². The van der Waals surface area contributed by atoms with Crippen LogP contribution in [0.2, 0.25) is 5.15 Å². The zero-order valence-electron chi connectivity index (χ0n) is 10.6. The molecule has 0 aliphatic rings. The fourth-order valence-electron chi connectivity index (χ4n) is 1.98. The van der Waals surface area contributed by atoms with Crippen LogP contribution in [0.1, 0.15) is 5.82 Å². The van der Waals surface area contributed by atoms with Crippen LogP contribution in [0, 0.1) is 0 Å². The highest BCUT2D eigenvalue weighted by Gasteiger charge is 2.13. The maximum atomic E-state index is 6.27. The molecule has 20 heavy (non-hydrogen) atoms. The van der Waals surface area contributed by atoms with Gasteiger partial charge < -0.3 is 4.74 Å². The molecule has 0 amide bonds. The maximum Gasteiger partial charge on any atom is 0.146 e. The number of thiophene rings is 1. The van der Waals surface area contributed by atoms with Crippen molar-refractivity contribution in [3.8, 4) is 16.9 Å². The summed E-state index contributed by atoms with van der Waals surface area (Å²) in [4.78, 5) is 9.47. The van der Waals surface area contributed by atoms with Crippen molar-refractivity contribution < 1.29 is 4.74 Å². The van der Waals surface area contributed by atoms with Gasteiger partial charge in [-0.3, -0.25) is 0 Å². The van der Waals surface area contributed by atoms with Crippen molar-refractivity contribution >= 4 is 44.8 Å². The number of fused-ring (bicyclic) bond motifs is 1. The molecule has 0 spiro atoms. The molecule has 102 valence electrons. The molecule has 0 N–H and O–H groups in total. The molecule has 2 heterocycles. The third-order valence-corrected chi connectivity index (χ3v) is 4.34. The molecular formula is C14H10Cl2N2OS. The highest BCUT2D eigenvalue weighted by atomic mass is 35.5. The lowest BCUT2D eigenvalue weighted by atomic mass is 10.1. The number of ether oxygens (including phenoxy) is 1. The summed E-state index contributed by atoms with van der Waals surface area (Å²) in [6.07, 6.45) is 0. The molecular weight excluding hydrogens is 315 g/mol. The Kier molecular flexibility index (Phi) is 3.78. The summed E-state index contributed by atoms with van der Waals surface area (Å²) in [5.74, 6) is 1.62. The van der Waals surface area contributed by atoms with Gasteiger partial charge in [-0.2, -0.15) is 0 Å². The van der Waals surface area contributed by atoms with Gasteiger partial charge in [0.2, 0.25) is 0 Å². The summed E-state index contributed by atoms with van der Waals surface area (Å²) in [6, 6.07) is 7.82. The van der Waals surface area contributed by atoms with E-state index in [4.69, 9.17) is 27.9 Å². The van der Waals surface area contributed by atoms with E-state index in [9.17, 15) is 0 Å². The highest BCUT2D eigenvalue weighted by molar-refractivity contribution is 7.17. The van der Waals surface area contributed by atoms with Gasteiger partial charge in [-0.25, -0.2) is 9.97 Å². The first-order valence-corrected chi connectivity index (χ1v) is 7.66. The summed E-state index contributed by atoms with van der Waals surface area (Å²) in [6.45, 7) is 0. The predicted molar refractivity (Wildman–Crippen MR) is 84.0 cm³/mol. The van der Waals surface area contributed by atoms with Crippen LogP contribution in [0.3, 0.4) is 0 Å². The van der Waals surface area contributed by atoms with E-state index in [1.807, 2.05) is 29.6 Å². The molecule has 3 nitrogen and oxygen atoms in total. The van der Waals surface area contributed by atoms with E-state index in [1.165, 1.54) is 11.3 Å². The van der Waals surface area contributed by atoms with E-state index in [2.05, 4.69) is 9.97 Å². The Hall–Kier alpha value is -1.36. The van der Waals surface area contributed by atoms with Crippen molar-refractivity contribution in [2.45, 2.75) is 5.88 Å². The Labute approximate surface area is 130 Å². The first kappa shape index (κ1) is 13.6. The summed E-state index contributed by atoms with van der Waals surface area (Å²) in [5.41, 5.74) is 2.08. The van der Waals surface area contributed by atoms with Gasteiger partial charge in [-0.05, 0) is 17.7 Å². The predicted octanol–water partition coefficient (Wildman–Crippen LogP) is 4.76. The number of methoxy groups -OCH3 is 1. The lowest BCUT2D eigenvalue weighted by Gasteiger charge is -2.04. The lowest BCUT2D eigenvalue weighted by Crippen LogP contribution is -1.91. The Bertz CT molecular complexity index is 756. The van der Waals surface area contributed by atoms with Crippen LogP contribution in [0.25, 0.3) is 21.3 Å². The fourth-order valence-corrected chi connectivity index (χ4v) is 3.41. The van der Waals surface area contributed by atoms with Gasteiger partial charge in [0.15, 0.2) is 0 Å². The number of aromatic nitrogens is 2. The third kappa shape index (κ3) is 2.35. The van der Waals surface area contributed by atoms with Crippen LogP contribution in [-0.2, 0) is 5.88 Å². The molecule has 0 saturated carbocycles. The van der Waals surface area contributed by atoms with Gasteiger partial charge >= 0.3 is 0 Å². The molecule has 0 unspecified atom stereocenters. The molecule has 2 aromatic heterocycles. The lowest BCUT2D eigenvalue weighted by molar-refractivity contribution is 0.415. The monoisotopic (exact) mass is 324 g/mol. The molecule has 0 aliphatic heterocycles. The van der Waals surface area contributed by atoms with E-state index in [0.29, 0.717) is 11.0 Å². The smallest absolute Gasteiger partial charge is 0.146 e. The zero-order valence-corrected chi connectivity index (χ0v) is 12.9. The average Bonchev–Trinajstić information content (AvgIpc) is 2.91. The number of hydrogen-bond donors (Lipinski definition) is 0. The van der Waals surface area contributed by atoms with Crippen molar-refractivity contribution in [2.24, 2.45) is 0 Å². The second-order valence-corrected chi connectivity index (χ2v) is 5.61. The average molecular weight is 325 g/mol. The number of alkyl halides is 1. The Morgan fingerprint density at radius 1 is 1.20 bits per heavy atom. The second-order valence-electron chi connectivity index (χ2n) is 4.12. The summed E-state index contributed by atoms with van der Waals surface area (Å²) in [7, 11) is 1.65. The van der Waals surface area contributed by atoms with Crippen LogP contribution in [-0.4, -0.2) is 17.1 Å². The minimum atomic E-state index is 0.255. The Balaban J connectivity index is 2.16. The molecule has 3 aromatic rings. The standard InChI is InChI=1S/C14H10Cl2N2OS/c1-19-9-4-2-8(3-5-9)10-7-20-14-12(10)13(16)17-11(6-15)18-14/h2-5,7H,6H2,1H3. The summed E-state index contributed by atoms with van der Waals surface area (Å²) < 4.78 is 5.17. The molecule has 0 aliphatic carbocycles. The molecule has 3 rings (SSSR count). The summed E-state index contributed by atoms with van der Waals surface area (Å²) in [5, 5.41) is 3.35. The van der Waals surface area contributed by atoms with Gasteiger partial charge in [0.05, 0.1) is 18.4 Å². The zero-order chi connectivity index (χ0) is 14.1. The number of halogens is 2. The van der Waals surface area contributed by atoms with E-state index < -0.39 is 0 Å². The number of hydrogen-bond acceptors (Lipinski definition) is 4. The number of rotatable bonds is 3. The van der Waals surface area contributed by atoms with Crippen molar-refractivity contribution in [2.75, 3.05) is 7.11 Å². The van der Waals surface area contributed by atoms with Gasteiger partial charge in [0, 0.05) is 10.9 Å². The van der Waals surface area contributed by atoms with Crippen molar-refractivity contribution in [3.63, 3.8) is 0 Å². The second kappa shape index (κ2) is 5.56. The van der Waals surface area contributed by atoms with Crippen LogP contribution in [0.4, 0.5) is 0 Å². The van der Waals surface area contributed by atoms with Crippen molar-refractivity contribution in [1.82, 2.24) is 9.97 Å². The minimum Gasteiger partial charge on any atom is -0.497 e. The Morgan fingerprint density at radius 3 is 2.60 bits per heavy atom. The van der Waals surface area contributed by atoms with Crippen LogP contribution >= 0.6 is 34.5 Å². The Morgan fingerprint density at radius 2 is 1.95 bits per heavy atom. The third-order valence-electron chi connectivity index (χ3n) is 2.96. The van der Waals surface area contributed by atoms with Crippen molar-refractivity contribution in [1.29, 1.82) is 0 Å². The topological polar surface area (TPSA) is 35.0 Å². The fraction of sp³-hybridized carbons (Fsp3) is 0.143. The number of nitrogens with zero attached hydrogens (tertiary/aromatic N) is 2. The molecule has 0 radical (unpaired) electrons. The normalized spacial score (nSPS) is 10.9. The van der Waals surface area contributed by atoms with Crippen LogP contribution < -0.4 is 4.74 Å². The van der Waals surface area contributed by atoms with Gasteiger partial charge in [0.1, 0.15) is 21.6 Å². The quantitative estimate of drug-likeness (QED) is 0.514. The summed E-state index contributed by atoms with van der Waals surface area (Å²) >= 11 is 13.6. The molecule has 0 saturated heterocycles. The molecule has 0 bridgehead atoms. The van der Waals surface area contributed by atoms with Gasteiger partial charge in [0.25, 0.3) is 0 Å². The van der Waals surface area contributed by atoms with Crippen molar-refractivity contribution in [3.05, 3.63) is 40.6 Å². The maximum absolute atomic E-state index is 6.27. The van der Waals surface area contributed by atoms with E-state index in [0.717, 1.165) is 27.1 Å².